The normalized spacial score (nSPS) is 17.2. The maximum absolute atomic E-state index is 12.3. The molecule has 4 rings (SSSR count). The molecule has 2 aliphatic rings. The van der Waals surface area contributed by atoms with Crippen LogP contribution in [0.4, 0.5) is 5.95 Å². The van der Waals surface area contributed by atoms with Gasteiger partial charge in [0.05, 0.1) is 12.3 Å². The highest BCUT2D eigenvalue weighted by atomic mass is 32.2. The third-order valence-corrected chi connectivity index (χ3v) is 6.58. The van der Waals surface area contributed by atoms with Crippen LogP contribution in [0.25, 0.3) is 0 Å². The topological polar surface area (TPSA) is 72.3 Å². The van der Waals surface area contributed by atoms with Gasteiger partial charge in [-0.2, -0.15) is 0 Å². The number of benzene rings is 1. The summed E-state index contributed by atoms with van der Waals surface area (Å²) >= 11 is 1.48. The number of amides is 1. The lowest BCUT2D eigenvalue weighted by molar-refractivity contribution is -0.118. The molecule has 0 radical (unpaired) electrons. The van der Waals surface area contributed by atoms with Crippen LogP contribution in [0.2, 0.25) is 0 Å². The number of thioether (sulfide) groups is 1. The van der Waals surface area contributed by atoms with Gasteiger partial charge in [0.25, 0.3) is 0 Å². The van der Waals surface area contributed by atoms with E-state index in [9.17, 15) is 4.79 Å². The first kappa shape index (κ1) is 21.0. The Balaban J connectivity index is 1.25. The van der Waals surface area contributed by atoms with Gasteiger partial charge in [0.2, 0.25) is 11.9 Å². The summed E-state index contributed by atoms with van der Waals surface area (Å²) in [6.45, 7) is 7.37. The molecule has 8 heteroatoms. The number of piperidine rings is 1. The summed E-state index contributed by atoms with van der Waals surface area (Å²) in [4.78, 5) is 14.6. The van der Waals surface area contributed by atoms with Gasteiger partial charge in [-0.15, -0.1) is 10.2 Å². The van der Waals surface area contributed by atoms with Crippen molar-refractivity contribution in [2.24, 2.45) is 5.92 Å². The van der Waals surface area contributed by atoms with Crippen molar-refractivity contribution in [1.82, 2.24) is 20.1 Å². The summed E-state index contributed by atoms with van der Waals surface area (Å²) in [7, 11) is 0. The Hall–Kier alpha value is -2.22. The predicted molar refractivity (Wildman–Crippen MR) is 119 cm³/mol. The third-order valence-electron chi connectivity index (χ3n) is 5.64. The second kappa shape index (κ2) is 9.73. The summed E-state index contributed by atoms with van der Waals surface area (Å²) in [6.07, 6.45) is 4.75. The average molecular weight is 430 g/mol. The van der Waals surface area contributed by atoms with E-state index in [2.05, 4.69) is 31.9 Å². The van der Waals surface area contributed by atoms with E-state index in [1.165, 1.54) is 37.4 Å². The van der Waals surface area contributed by atoms with Gasteiger partial charge < -0.3 is 15.0 Å². The zero-order chi connectivity index (χ0) is 20.9. The highest BCUT2D eigenvalue weighted by molar-refractivity contribution is 7.99. The third kappa shape index (κ3) is 5.47. The minimum Gasteiger partial charge on any atom is -0.492 e. The first-order valence-corrected chi connectivity index (χ1v) is 11.9. The average Bonchev–Trinajstić information content (AvgIpc) is 3.49. The molecule has 1 aliphatic heterocycles. The van der Waals surface area contributed by atoms with Crippen LogP contribution in [0.15, 0.2) is 29.4 Å². The molecule has 1 aliphatic carbocycles. The molecule has 1 saturated heterocycles. The number of nitrogens with one attached hydrogen (secondary N) is 1. The Morgan fingerprint density at radius 3 is 2.77 bits per heavy atom. The number of aromatic nitrogens is 3. The number of ether oxygens (including phenoxy) is 1. The number of hydrogen-bond donors (Lipinski definition) is 1. The van der Waals surface area contributed by atoms with Crippen LogP contribution in [0.5, 0.6) is 5.75 Å². The van der Waals surface area contributed by atoms with E-state index in [1.807, 2.05) is 31.2 Å². The zero-order valence-electron chi connectivity index (χ0n) is 17.8. The van der Waals surface area contributed by atoms with E-state index in [-0.39, 0.29) is 5.91 Å². The Morgan fingerprint density at radius 2 is 2.03 bits per heavy atom. The number of anilines is 1. The van der Waals surface area contributed by atoms with Gasteiger partial charge in [0, 0.05) is 19.1 Å². The largest absolute Gasteiger partial charge is 0.492 e. The van der Waals surface area contributed by atoms with Gasteiger partial charge in [0.15, 0.2) is 5.16 Å². The van der Waals surface area contributed by atoms with Crippen molar-refractivity contribution in [2.45, 2.75) is 50.7 Å². The van der Waals surface area contributed by atoms with Gasteiger partial charge in [0.1, 0.15) is 12.4 Å². The molecule has 1 aromatic heterocycles. The quantitative estimate of drug-likeness (QED) is 0.486. The maximum atomic E-state index is 12.3. The Kier molecular flexibility index (Phi) is 6.82. The van der Waals surface area contributed by atoms with Crippen molar-refractivity contribution in [3.8, 4) is 5.75 Å². The SMILES string of the molecule is Cc1cccc(OCCNC(=O)CSc2nnc(N3CCC(C)CC3)n2C2CC2)c1. The fraction of sp³-hybridized carbons (Fsp3) is 0.591. The van der Waals surface area contributed by atoms with Gasteiger partial charge in [-0.05, 0) is 56.2 Å². The lowest BCUT2D eigenvalue weighted by Gasteiger charge is -2.31. The van der Waals surface area contributed by atoms with Crippen LogP contribution >= 0.6 is 11.8 Å². The number of hydrogen-bond acceptors (Lipinski definition) is 6. The molecule has 0 spiro atoms. The van der Waals surface area contributed by atoms with E-state index < -0.39 is 0 Å². The van der Waals surface area contributed by atoms with Crippen LogP contribution in [0.3, 0.4) is 0 Å². The van der Waals surface area contributed by atoms with Crippen LogP contribution in [0, 0.1) is 12.8 Å². The van der Waals surface area contributed by atoms with Crippen molar-refractivity contribution in [2.75, 3.05) is 36.9 Å². The van der Waals surface area contributed by atoms with E-state index in [0.717, 1.165) is 41.4 Å². The summed E-state index contributed by atoms with van der Waals surface area (Å²) in [6, 6.07) is 8.40. The van der Waals surface area contributed by atoms with Crippen LogP contribution in [-0.4, -0.2) is 52.7 Å². The highest BCUT2D eigenvalue weighted by Crippen LogP contribution is 2.41. The fourth-order valence-electron chi connectivity index (χ4n) is 3.69. The van der Waals surface area contributed by atoms with Crippen LogP contribution < -0.4 is 15.0 Å². The molecule has 1 saturated carbocycles. The second-order valence-corrected chi connectivity index (χ2v) is 9.30. The van der Waals surface area contributed by atoms with E-state index in [4.69, 9.17) is 4.74 Å². The highest BCUT2D eigenvalue weighted by Gasteiger charge is 2.32. The number of rotatable bonds is 9. The van der Waals surface area contributed by atoms with Crippen molar-refractivity contribution >= 4 is 23.6 Å². The lowest BCUT2D eigenvalue weighted by Crippen LogP contribution is -2.34. The second-order valence-electron chi connectivity index (χ2n) is 8.36. The van der Waals surface area contributed by atoms with Crippen molar-refractivity contribution in [3.63, 3.8) is 0 Å². The summed E-state index contributed by atoms with van der Waals surface area (Å²) in [5.41, 5.74) is 1.16. The molecule has 2 fully saturated rings. The Labute approximate surface area is 182 Å². The minimum absolute atomic E-state index is 0.00784. The molecule has 2 heterocycles. The maximum Gasteiger partial charge on any atom is 0.230 e. The van der Waals surface area contributed by atoms with Crippen molar-refractivity contribution < 1.29 is 9.53 Å². The number of carbonyl (C=O) groups excluding carboxylic acids is 1. The Bertz CT molecular complexity index is 859. The van der Waals surface area contributed by atoms with Gasteiger partial charge in [-0.25, -0.2) is 0 Å². The molecule has 1 N–H and O–H groups in total. The minimum atomic E-state index is -0.00784. The summed E-state index contributed by atoms with van der Waals surface area (Å²) in [5, 5.41) is 12.7. The van der Waals surface area contributed by atoms with E-state index in [0.29, 0.717) is 24.9 Å². The van der Waals surface area contributed by atoms with Gasteiger partial charge in [-0.3, -0.25) is 9.36 Å². The predicted octanol–water partition coefficient (Wildman–Crippen LogP) is 3.45. The molecule has 1 aromatic carbocycles. The molecular weight excluding hydrogens is 398 g/mol. The van der Waals surface area contributed by atoms with Crippen LogP contribution in [0.1, 0.15) is 44.2 Å². The zero-order valence-corrected chi connectivity index (χ0v) is 18.7. The lowest BCUT2D eigenvalue weighted by atomic mass is 10.00. The molecule has 0 bridgehead atoms. The molecule has 1 amide bonds. The molecule has 2 aromatic rings. The molecule has 30 heavy (non-hydrogen) atoms. The number of carbonyl (C=O) groups is 1. The number of aryl methyl sites for hydroxylation is 1. The molecule has 0 atom stereocenters. The monoisotopic (exact) mass is 429 g/mol. The fourth-order valence-corrected chi connectivity index (χ4v) is 4.52. The summed E-state index contributed by atoms with van der Waals surface area (Å²) < 4.78 is 7.94. The molecule has 0 unspecified atom stereocenters. The van der Waals surface area contributed by atoms with E-state index in [1.54, 1.807) is 0 Å². The smallest absolute Gasteiger partial charge is 0.230 e. The Morgan fingerprint density at radius 1 is 1.23 bits per heavy atom. The molecular formula is C22H31N5O2S. The van der Waals surface area contributed by atoms with Crippen LogP contribution in [-0.2, 0) is 4.79 Å². The standard InChI is InChI=1S/C22H31N5O2S/c1-16-8-11-26(12-9-16)21-24-25-22(27(21)18-6-7-18)30-15-20(28)23-10-13-29-19-5-3-4-17(2)14-19/h3-5,14,16,18H,6-13,15H2,1-2H3,(H,23,28). The van der Waals surface area contributed by atoms with E-state index >= 15 is 0 Å². The number of nitrogens with zero attached hydrogens (tertiary/aromatic N) is 4. The first-order chi connectivity index (χ1) is 14.6. The molecule has 7 nitrogen and oxygen atoms in total. The molecule has 162 valence electrons. The first-order valence-electron chi connectivity index (χ1n) is 10.9. The van der Waals surface area contributed by atoms with Gasteiger partial charge >= 0.3 is 0 Å². The van der Waals surface area contributed by atoms with Crippen molar-refractivity contribution in [1.29, 1.82) is 0 Å². The van der Waals surface area contributed by atoms with Gasteiger partial charge in [-0.1, -0.05) is 30.8 Å². The van der Waals surface area contributed by atoms with Crippen molar-refractivity contribution in [3.05, 3.63) is 29.8 Å². The summed E-state index contributed by atoms with van der Waals surface area (Å²) in [5.74, 6) is 2.93.